The average molecular weight is 319 g/mol. The summed E-state index contributed by atoms with van der Waals surface area (Å²) in [5, 5.41) is 0.165. The van der Waals surface area contributed by atoms with Gasteiger partial charge in [-0.15, -0.1) is 0 Å². The molecule has 0 aliphatic heterocycles. The third-order valence-corrected chi connectivity index (χ3v) is 3.43. The van der Waals surface area contributed by atoms with Gasteiger partial charge in [-0.3, -0.25) is 11.3 Å². The van der Waals surface area contributed by atoms with E-state index < -0.39 is 29.3 Å². The fourth-order valence-electron chi connectivity index (χ4n) is 1.98. The van der Waals surface area contributed by atoms with E-state index in [0.29, 0.717) is 0 Å². The largest absolute Gasteiger partial charge is 0.271 e. The lowest BCUT2D eigenvalue weighted by molar-refractivity contribution is 0.439. The van der Waals surface area contributed by atoms with Crippen molar-refractivity contribution >= 4 is 11.6 Å². The predicted molar refractivity (Wildman–Crippen MR) is 71.5 cm³/mol. The number of halogens is 5. The molecule has 1 unspecified atom stereocenters. The van der Waals surface area contributed by atoms with E-state index in [4.69, 9.17) is 17.4 Å². The molecule has 2 aromatic carbocycles. The van der Waals surface area contributed by atoms with Gasteiger partial charge in [0.05, 0.1) is 6.04 Å². The summed E-state index contributed by atoms with van der Waals surface area (Å²) in [6, 6.07) is 4.91. The molecule has 7 heteroatoms. The molecule has 0 saturated heterocycles. The van der Waals surface area contributed by atoms with Crippen molar-refractivity contribution in [3.8, 4) is 0 Å². The molecule has 2 nitrogen and oxygen atoms in total. The zero-order valence-electron chi connectivity index (χ0n) is 10.6. The number of hydrogen-bond acceptors (Lipinski definition) is 2. The summed E-state index contributed by atoms with van der Waals surface area (Å²) < 4.78 is 53.2. The lowest BCUT2D eigenvalue weighted by Crippen LogP contribution is -2.30. The number of nitrogens with two attached hydrogens (primary N) is 1. The van der Waals surface area contributed by atoms with E-state index in [1.54, 1.807) is 0 Å². The van der Waals surface area contributed by atoms with Crippen molar-refractivity contribution in [2.45, 2.75) is 12.5 Å². The van der Waals surface area contributed by atoms with Crippen LogP contribution in [0.1, 0.15) is 17.2 Å². The van der Waals surface area contributed by atoms with Gasteiger partial charge in [-0.25, -0.2) is 17.6 Å². The Kier molecular flexibility index (Phi) is 4.82. The second-order valence-corrected chi connectivity index (χ2v) is 4.83. The number of rotatable bonds is 4. The van der Waals surface area contributed by atoms with Crippen LogP contribution in [0.3, 0.4) is 0 Å². The lowest BCUT2D eigenvalue weighted by atomic mass is 9.98. The Labute approximate surface area is 123 Å². The fourth-order valence-corrected chi connectivity index (χ4v) is 2.22. The van der Waals surface area contributed by atoms with Crippen LogP contribution in [0.25, 0.3) is 0 Å². The summed E-state index contributed by atoms with van der Waals surface area (Å²) in [7, 11) is 0. The fraction of sp³-hybridized carbons (Fsp3) is 0.143. The molecule has 0 radical (unpaired) electrons. The minimum atomic E-state index is -1.57. The quantitative estimate of drug-likeness (QED) is 0.391. The van der Waals surface area contributed by atoms with Crippen LogP contribution in [-0.2, 0) is 6.42 Å². The first-order valence-corrected chi connectivity index (χ1v) is 6.35. The molecule has 3 N–H and O–H groups in total. The second kappa shape index (κ2) is 6.43. The van der Waals surface area contributed by atoms with Crippen LogP contribution in [0.5, 0.6) is 0 Å². The highest BCUT2D eigenvalue weighted by molar-refractivity contribution is 6.31. The van der Waals surface area contributed by atoms with Gasteiger partial charge >= 0.3 is 0 Å². The standard InChI is InChI=1S/C14H11ClF4N2/c15-9-2-1-3-10(16)8(9)6-13(21-20)7-4-11(17)14(19)12(18)5-7/h1-5,13,21H,6,20H2. The van der Waals surface area contributed by atoms with E-state index in [2.05, 4.69) is 5.43 Å². The maximum atomic E-state index is 13.7. The van der Waals surface area contributed by atoms with Gasteiger partial charge in [0.1, 0.15) is 5.82 Å². The minimum Gasteiger partial charge on any atom is -0.271 e. The monoisotopic (exact) mass is 318 g/mol. The summed E-state index contributed by atoms with van der Waals surface area (Å²) in [5.41, 5.74) is 2.51. The molecule has 0 spiro atoms. The molecule has 0 amide bonds. The molecule has 21 heavy (non-hydrogen) atoms. The Morgan fingerprint density at radius 3 is 2.19 bits per heavy atom. The number of nitrogens with one attached hydrogen (secondary N) is 1. The van der Waals surface area contributed by atoms with E-state index in [9.17, 15) is 17.6 Å². The third-order valence-electron chi connectivity index (χ3n) is 3.08. The van der Waals surface area contributed by atoms with Crippen LogP contribution in [0.4, 0.5) is 17.6 Å². The molecular formula is C14H11ClF4N2. The number of hydrazine groups is 1. The summed E-state index contributed by atoms with van der Waals surface area (Å²) >= 11 is 5.89. The first-order valence-electron chi connectivity index (χ1n) is 5.97. The van der Waals surface area contributed by atoms with Crippen LogP contribution >= 0.6 is 11.6 Å². The van der Waals surface area contributed by atoms with Gasteiger partial charge in [0.15, 0.2) is 17.5 Å². The Hall–Kier alpha value is -1.63. The van der Waals surface area contributed by atoms with Gasteiger partial charge in [-0.05, 0) is 36.2 Å². The van der Waals surface area contributed by atoms with E-state index in [0.717, 1.165) is 12.1 Å². The van der Waals surface area contributed by atoms with E-state index >= 15 is 0 Å². The van der Waals surface area contributed by atoms with Gasteiger partial charge in [0.2, 0.25) is 0 Å². The molecule has 0 aromatic heterocycles. The average Bonchev–Trinajstić information content (AvgIpc) is 2.44. The lowest BCUT2D eigenvalue weighted by Gasteiger charge is -2.18. The molecule has 0 fully saturated rings. The highest BCUT2D eigenvalue weighted by atomic mass is 35.5. The van der Waals surface area contributed by atoms with Crippen molar-refractivity contribution in [1.29, 1.82) is 0 Å². The Bertz CT molecular complexity index is 620. The van der Waals surface area contributed by atoms with Gasteiger partial charge < -0.3 is 0 Å². The molecule has 2 rings (SSSR count). The van der Waals surface area contributed by atoms with Crippen LogP contribution in [-0.4, -0.2) is 0 Å². The molecule has 0 aliphatic rings. The van der Waals surface area contributed by atoms with E-state index in [1.807, 2.05) is 0 Å². The van der Waals surface area contributed by atoms with Gasteiger partial charge in [0, 0.05) is 10.6 Å². The summed E-state index contributed by atoms with van der Waals surface area (Å²) in [6.45, 7) is 0. The van der Waals surface area contributed by atoms with Crippen molar-refractivity contribution in [2.24, 2.45) is 5.84 Å². The van der Waals surface area contributed by atoms with Crippen LogP contribution < -0.4 is 11.3 Å². The molecule has 112 valence electrons. The molecule has 2 aromatic rings. The highest BCUT2D eigenvalue weighted by Gasteiger charge is 2.19. The Morgan fingerprint density at radius 2 is 1.67 bits per heavy atom. The first kappa shape index (κ1) is 15.8. The van der Waals surface area contributed by atoms with E-state index in [-0.39, 0.29) is 22.6 Å². The molecule has 0 aliphatic carbocycles. The second-order valence-electron chi connectivity index (χ2n) is 4.42. The summed E-state index contributed by atoms with van der Waals surface area (Å²) in [6.07, 6.45) is -0.0491. The van der Waals surface area contributed by atoms with Gasteiger partial charge in [-0.2, -0.15) is 0 Å². The molecule has 0 bridgehead atoms. The number of benzene rings is 2. The van der Waals surface area contributed by atoms with Crippen molar-refractivity contribution in [3.05, 3.63) is 69.8 Å². The van der Waals surface area contributed by atoms with E-state index in [1.165, 1.54) is 18.2 Å². The predicted octanol–water partition coefficient (Wildman–Crippen LogP) is 3.64. The zero-order valence-corrected chi connectivity index (χ0v) is 11.4. The Morgan fingerprint density at radius 1 is 1.05 bits per heavy atom. The molecule has 0 saturated carbocycles. The Balaban J connectivity index is 2.37. The van der Waals surface area contributed by atoms with Crippen molar-refractivity contribution in [2.75, 3.05) is 0 Å². The highest BCUT2D eigenvalue weighted by Crippen LogP contribution is 2.27. The summed E-state index contributed by atoms with van der Waals surface area (Å²) in [4.78, 5) is 0. The van der Waals surface area contributed by atoms with Gasteiger partial charge in [-0.1, -0.05) is 17.7 Å². The van der Waals surface area contributed by atoms with Gasteiger partial charge in [0.25, 0.3) is 0 Å². The van der Waals surface area contributed by atoms with Crippen molar-refractivity contribution < 1.29 is 17.6 Å². The third kappa shape index (κ3) is 3.34. The van der Waals surface area contributed by atoms with Crippen LogP contribution in [0.15, 0.2) is 30.3 Å². The van der Waals surface area contributed by atoms with Crippen molar-refractivity contribution in [3.63, 3.8) is 0 Å². The molecule has 0 heterocycles. The summed E-state index contributed by atoms with van der Waals surface area (Å²) in [5.74, 6) is 0.516. The topological polar surface area (TPSA) is 38.0 Å². The normalized spacial score (nSPS) is 12.5. The number of hydrogen-bond donors (Lipinski definition) is 2. The molecular weight excluding hydrogens is 308 g/mol. The SMILES string of the molecule is NNC(Cc1c(F)cccc1Cl)c1cc(F)c(F)c(F)c1. The maximum Gasteiger partial charge on any atom is 0.194 e. The zero-order chi connectivity index (χ0) is 15.6. The van der Waals surface area contributed by atoms with Crippen LogP contribution in [0.2, 0.25) is 5.02 Å². The van der Waals surface area contributed by atoms with Crippen LogP contribution in [0, 0.1) is 23.3 Å². The first-order chi connectivity index (χ1) is 9.93. The smallest absolute Gasteiger partial charge is 0.194 e. The maximum absolute atomic E-state index is 13.7. The molecule has 1 atom stereocenters. The van der Waals surface area contributed by atoms with Crippen molar-refractivity contribution in [1.82, 2.24) is 5.43 Å². The minimum absolute atomic E-state index is 0.0491.